The largest absolute Gasteiger partial charge is 0.326 e. The molecule has 2 nitrogen and oxygen atoms in total. The van der Waals surface area contributed by atoms with Crippen molar-refractivity contribution in [1.29, 1.82) is 0 Å². The van der Waals surface area contributed by atoms with Gasteiger partial charge in [-0.1, -0.05) is 24.6 Å². The summed E-state index contributed by atoms with van der Waals surface area (Å²) in [7, 11) is 0. The second-order valence-electron chi connectivity index (χ2n) is 7.47. The quantitative estimate of drug-likeness (QED) is 0.920. The molecule has 2 N–H and O–H groups in total. The van der Waals surface area contributed by atoms with Crippen LogP contribution in [-0.4, -0.2) is 29.6 Å². The van der Waals surface area contributed by atoms with E-state index in [4.69, 9.17) is 5.73 Å². The third-order valence-electron chi connectivity index (χ3n) is 5.70. The van der Waals surface area contributed by atoms with Crippen molar-refractivity contribution in [1.82, 2.24) is 4.90 Å². The molecule has 21 heavy (non-hydrogen) atoms. The average Bonchev–Trinajstić information content (AvgIpc) is 2.95. The van der Waals surface area contributed by atoms with Crippen LogP contribution in [0.4, 0.5) is 0 Å². The van der Waals surface area contributed by atoms with Gasteiger partial charge in [-0.25, -0.2) is 0 Å². The van der Waals surface area contributed by atoms with Crippen molar-refractivity contribution in [3.05, 3.63) is 34.9 Å². The molecule has 1 aliphatic heterocycles. The molecule has 1 saturated heterocycles. The molecule has 1 atom stereocenters. The SMILES string of the molecule is CC(C)(C(N)Cc1ccc2c(c1)CCC2)N1CCCCC1. The highest BCUT2D eigenvalue weighted by atomic mass is 15.2. The van der Waals surface area contributed by atoms with Crippen molar-refractivity contribution in [2.75, 3.05) is 13.1 Å². The fraction of sp³-hybridized carbons (Fsp3) is 0.684. The molecule has 0 saturated carbocycles. The number of fused-ring (bicyclic) bond motifs is 1. The summed E-state index contributed by atoms with van der Waals surface area (Å²) >= 11 is 0. The topological polar surface area (TPSA) is 29.3 Å². The first-order chi connectivity index (χ1) is 10.1. The number of nitrogens with two attached hydrogens (primary N) is 1. The molecule has 3 rings (SSSR count). The van der Waals surface area contributed by atoms with Gasteiger partial charge in [-0.2, -0.15) is 0 Å². The fourth-order valence-corrected chi connectivity index (χ4v) is 3.96. The summed E-state index contributed by atoms with van der Waals surface area (Å²) in [6.45, 7) is 7.09. The van der Waals surface area contributed by atoms with E-state index in [2.05, 4.69) is 36.9 Å². The Morgan fingerprint density at radius 2 is 1.76 bits per heavy atom. The normalized spacial score (nSPS) is 21.3. The molecule has 1 aromatic rings. The van der Waals surface area contributed by atoms with Gasteiger partial charge in [-0.3, -0.25) is 4.90 Å². The lowest BCUT2D eigenvalue weighted by Gasteiger charge is -2.44. The van der Waals surface area contributed by atoms with Gasteiger partial charge in [-0.05, 0) is 82.2 Å². The Hall–Kier alpha value is -0.860. The van der Waals surface area contributed by atoms with Crippen LogP contribution in [0.5, 0.6) is 0 Å². The number of piperidine rings is 1. The van der Waals surface area contributed by atoms with Crippen LogP contribution < -0.4 is 5.73 Å². The molecule has 1 aromatic carbocycles. The van der Waals surface area contributed by atoms with E-state index in [0.29, 0.717) is 0 Å². The summed E-state index contributed by atoms with van der Waals surface area (Å²) in [5.74, 6) is 0. The van der Waals surface area contributed by atoms with E-state index < -0.39 is 0 Å². The fourth-order valence-electron chi connectivity index (χ4n) is 3.96. The van der Waals surface area contributed by atoms with Crippen molar-refractivity contribution in [2.45, 2.75) is 70.4 Å². The zero-order valence-electron chi connectivity index (χ0n) is 13.7. The highest BCUT2D eigenvalue weighted by Gasteiger charge is 2.33. The van der Waals surface area contributed by atoms with Crippen LogP contribution >= 0.6 is 0 Å². The lowest BCUT2D eigenvalue weighted by molar-refractivity contribution is 0.0731. The molecular weight excluding hydrogens is 256 g/mol. The van der Waals surface area contributed by atoms with Crippen LogP contribution in [0.3, 0.4) is 0 Å². The van der Waals surface area contributed by atoms with Crippen LogP contribution in [0.25, 0.3) is 0 Å². The van der Waals surface area contributed by atoms with E-state index in [1.54, 1.807) is 11.1 Å². The maximum atomic E-state index is 6.62. The number of likely N-dealkylation sites (tertiary alicyclic amines) is 1. The predicted molar refractivity (Wildman–Crippen MR) is 89.6 cm³/mol. The van der Waals surface area contributed by atoms with Crippen LogP contribution in [-0.2, 0) is 19.3 Å². The van der Waals surface area contributed by atoms with E-state index in [1.165, 1.54) is 57.2 Å². The molecule has 116 valence electrons. The van der Waals surface area contributed by atoms with Gasteiger partial charge in [0.25, 0.3) is 0 Å². The molecule has 0 radical (unpaired) electrons. The molecule has 0 spiro atoms. The summed E-state index contributed by atoms with van der Waals surface area (Å²) in [4.78, 5) is 2.61. The molecule has 0 bridgehead atoms. The number of benzene rings is 1. The first-order valence-electron chi connectivity index (χ1n) is 8.69. The highest BCUT2D eigenvalue weighted by Crippen LogP contribution is 2.27. The van der Waals surface area contributed by atoms with Gasteiger partial charge in [0.15, 0.2) is 0 Å². The van der Waals surface area contributed by atoms with Crippen molar-refractivity contribution in [2.24, 2.45) is 5.73 Å². The van der Waals surface area contributed by atoms with E-state index in [-0.39, 0.29) is 11.6 Å². The van der Waals surface area contributed by atoms with Crippen molar-refractivity contribution >= 4 is 0 Å². The Morgan fingerprint density at radius 3 is 2.52 bits per heavy atom. The van der Waals surface area contributed by atoms with E-state index in [1.807, 2.05) is 0 Å². The zero-order valence-corrected chi connectivity index (χ0v) is 13.7. The molecule has 0 amide bonds. The lowest BCUT2D eigenvalue weighted by Crippen LogP contribution is -2.58. The van der Waals surface area contributed by atoms with Gasteiger partial charge in [-0.15, -0.1) is 0 Å². The maximum Gasteiger partial charge on any atom is 0.0307 e. The van der Waals surface area contributed by atoms with Gasteiger partial charge in [0.05, 0.1) is 0 Å². The van der Waals surface area contributed by atoms with Gasteiger partial charge < -0.3 is 5.73 Å². The Labute approximate surface area is 129 Å². The standard InChI is InChI=1S/C19H30N2/c1-19(2,21-11-4-3-5-12-21)18(20)14-15-9-10-16-7-6-8-17(16)13-15/h9-10,13,18H,3-8,11-12,14,20H2,1-2H3. The van der Waals surface area contributed by atoms with Crippen molar-refractivity contribution in [3.8, 4) is 0 Å². The van der Waals surface area contributed by atoms with Crippen LogP contribution in [0, 0.1) is 0 Å². The molecule has 2 aliphatic rings. The molecule has 0 aromatic heterocycles. The maximum absolute atomic E-state index is 6.62. The monoisotopic (exact) mass is 286 g/mol. The minimum atomic E-state index is 0.0967. The van der Waals surface area contributed by atoms with Crippen LogP contribution in [0.1, 0.15) is 56.2 Å². The third kappa shape index (κ3) is 3.17. The van der Waals surface area contributed by atoms with E-state index >= 15 is 0 Å². The minimum Gasteiger partial charge on any atom is -0.326 e. The van der Waals surface area contributed by atoms with Gasteiger partial charge in [0, 0.05) is 11.6 Å². The van der Waals surface area contributed by atoms with E-state index in [0.717, 1.165) is 6.42 Å². The number of rotatable bonds is 4. The summed E-state index contributed by atoms with van der Waals surface area (Å²) in [5, 5.41) is 0. The minimum absolute atomic E-state index is 0.0967. The Morgan fingerprint density at radius 1 is 1.05 bits per heavy atom. The molecule has 2 heteroatoms. The van der Waals surface area contributed by atoms with Crippen LogP contribution in [0.15, 0.2) is 18.2 Å². The molecule has 1 unspecified atom stereocenters. The van der Waals surface area contributed by atoms with Gasteiger partial charge in [0.2, 0.25) is 0 Å². The van der Waals surface area contributed by atoms with Crippen molar-refractivity contribution in [3.63, 3.8) is 0 Å². The smallest absolute Gasteiger partial charge is 0.0307 e. The van der Waals surface area contributed by atoms with Gasteiger partial charge in [0.1, 0.15) is 0 Å². The van der Waals surface area contributed by atoms with Crippen LogP contribution in [0.2, 0.25) is 0 Å². The molecule has 1 heterocycles. The Kier molecular flexibility index (Phi) is 4.37. The summed E-state index contributed by atoms with van der Waals surface area (Å²) < 4.78 is 0. The first kappa shape index (κ1) is 15.1. The van der Waals surface area contributed by atoms with Gasteiger partial charge >= 0.3 is 0 Å². The third-order valence-corrected chi connectivity index (χ3v) is 5.70. The van der Waals surface area contributed by atoms with Crippen molar-refractivity contribution < 1.29 is 0 Å². The molecule has 1 aliphatic carbocycles. The first-order valence-corrected chi connectivity index (χ1v) is 8.69. The van der Waals surface area contributed by atoms with E-state index in [9.17, 15) is 0 Å². The highest BCUT2D eigenvalue weighted by molar-refractivity contribution is 5.35. The second kappa shape index (κ2) is 6.10. The predicted octanol–water partition coefficient (Wildman–Crippen LogP) is 3.31. The number of hydrogen-bond donors (Lipinski definition) is 1. The number of hydrogen-bond acceptors (Lipinski definition) is 2. The zero-order chi connectivity index (χ0) is 14.9. The summed E-state index contributed by atoms with van der Waals surface area (Å²) in [5.41, 5.74) is 11.3. The molecule has 1 fully saturated rings. The summed E-state index contributed by atoms with van der Waals surface area (Å²) in [6, 6.07) is 7.25. The Balaban J connectivity index is 1.68. The number of nitrogens with zero attached hydrogens (tertiary/aromatic N) is 1. The summed E-state index contributed by atoms with van der Waals surface area (Å²) in [6.07, 6.45) is 8.88. The molecular formula is C19H30N2. The second-order valence-corrected chi connectivity index (χ2v) is 7.47. The Bertz CT molecular complexity index is 486. The lowest BCUT2D eigenvalue weighted by atomic mass is 9.86. The number of aryl methyl sites for hydroxylation is 2. The average molecular weight is 286 g/mol.